The predicted molar refractivity (Wildman–Crippen MR) is 41.2 cm³/mol. The van der Waals surface area contributed by atoms with E-state index < -0.39 is 0 Å². The molecule has 0 aliphatic carbocycles. The summed E-state index contributed by atoms with van der Waals surface area (Å²) in [5.41, 5.74) is 0.546. The number of rotatable bonds is 3. The lowest BCUT2D eigenvalue weighted by Gasteiger charge is -1.99. The van der Waals surface area contributed by atoms with Crippen LogP contribution in [0.5, 0.6) is 0 Å². The Hall–Kier alpha value is -0.855. The molecule has 3 heteroatoms. The molecule has 0 saturated carbocycles. The van der Waals surface area contributed by atoms with E-state index in [0.29, 0.717) is 5.47 Å². The van der Waals surface area contributed by atoms with Crippen molar-refractivity contribution in [1.82, 2.24) is 0 Å². The lowest BCUT2D eigenvalue weighted by Crippen LogP contribution is -2.08. The Labute approximate surface area is 63.1 Å². The number of hydrogen-bond acceptors (Lipinski definition) is 2. The van der Waals surface area contributed by atoms with Crippen molar-refractivity contribution < 1.29 is 9.59 Å². The second-order valence-corrected chi connectivity index (χ2v) is 2.17. The van der Waals surface area contributed by atoms with E-state index in [4.69, 9.17) is 1.34 Å². The molecule has 0 rings (SSSR count). The van der Waals surface area contributed by atoms with E-state index in [1.807, 2.05) is 0 Å². The van der Waals surface area contributed by atoms with Crippen molar-refractivity contribution in [3.8, 4) is 0 Å². The Morgan fingerprint density at radius 3 is 1.70 bits per heavy atom. The van der Waals surface area contributed by atoms with Crippen LogP contribution < -0.4 is 0 Å². The summed E-state index contributed by atoms with van der Waals surface area (Å²) in [4.78, 5) is 21.6. The van der Waals surface area contributed by atoms with E-state index in [9.17, 15) is 9.59 Å². The molecular formula is C7H10BO2. The topological polar surface area (TPSA) is 34.1 Å². The van der Waals surface area contributed by atoms with Crippen molar-refractivity contribution in [2.75, 3.05) is 0 Å². The molecule has 1 radical (unpaired) electrons. The van der Waals surface area contributed by atoms with E-state index in [1.165, 1.54) is 13.8 Å². The number of hydrogen-bond donors (Lipinski definition) is 0. The van der Waals surface area contributed by atoms with Gasteiger partial charge in [-0.15, -0.1) is 5.47 Å². The Kier molecular flexibility index (Phi) is 2.43. The van der Waals surface area contributed by atoms with Crippen LogP contribution in [0.4, 0.5) is 0 Å². The summed E-state index contributed by atoms with van der Waals surface area (Å²) in [6.45, 7) is 4.22. The zero-order valence-electron chi connectivity index (χ0n) is 7.39. The molecule has 0 N–H and O–H groups in total. The van der Waals surface area contributed by atoms with Crippen molar-refractivity contribution in [3.63, 3.8) is 0 Å². The molecule has 0 aromatic rings. The standard InChI is InChI=1S/C7H10BO2/c1-4(8)7(5(2)9)6(3)10/h8H,1-3H3/i8D. The number of ketones is 2. The van der Waals surface area contributed by atoms with E-state index in [1.54, 1.807) is 6.92 Å². The predicted octanol–water partition coefficient (Wildman–Crippen LogP) is 0.339. The molecule has 0 aromatic heterocycles. The van der Waals surface area contributed by atoms with Gasteiger partial charge in [-0.3, -0.25) is 9.59 Å². The highest BCUT2D eigenvalue weighted by atomic mass is 16.1. The smallest absolute Gasteiger partial charge is 0.162 e. The fourth-order valence-corrected chi connectivity index (χ4v) is 0.803. The summed E-state index contributed by atoms with van der Waals surface area (Å²) >= 11 is 0. The average molecular weight is 138 g/mol. The molecule has 0 aliphatic rings. The van der Waals surface area contributed by atoms with E-state index in [0.717, 1.165) is 7.81 Å². The van der Waals surface area contributed by atoms with E-state index in [-0.39, 0.29) is 17.1 Å². The van der Waals surface area contributed by atoms with Gasteiger partial charge in [-0.05, 0) is 15.2 Å². The first-order chi connectivity index (χ1) is 5.00. The summed E-state index contributed by atoms with van der Waals surface area (Å²) in [7, 11) is 1.01. The van der Waals surface area contributed by atoms with Gasteiger partial charge in [-0.1, -0.05) is 6.92 Å². The third-order valence-electron chi connectivity index (χ3n) is 1.10. The Bertz CT molecular complexity index is 204. The van der Waals surface area contributed by atoms with Crippen molar-refractivity contribution >= 4 is 19.4 Å². The van der Waals surface area contributed by atoms with Gasteiger partial charge in [0.1, 0.15) is 7.81 Å². The molecule has 0 fully saturated rings. The maximum Gasteiger partial charge on any atom is 0.162 e. The lowest BCUT2D eigenvalue weighted by atomic mass is 9.88. The van der Waals surface area contributed by atoms with Gasteiger partial charge in [-0.2, -0.15) is 0 Å². The van der Waals surface area contributed by atoms with Gasteiger partial charge in [0.15, 0.2) is 11.6 Å². The third kappa shape index (κ3) is 2.17. The van der Waals surface area contributed by atoms with Crippen molar-refractivity contribution in [1.29, 1.82) is 1.34 Å². The van der Waals surface area contributed by atoms with Gasteiger partial charge in [0.25, 0.3) is 0 Å². The van der Waals surface area contributed by atoms with Crippen molar-refractivity contribution in [2.24, 2.45) is 0 Å². The molecule has 0 heterocycles. The molecule has 10 heavy (non-hydrogen) atoms. The van der Waals surface area contributed by atoms with Crippen LogP contribution >= 0.6 is 0 Å². The zero-order valence-corrected chi connectivity index (χ0v) is 6.39. The summed E-state index contributed by atoms with van der Waals surface area (Å²) in [6, 6.07) is 0. The second kappa shape index (κ2) is 3.35. The van der Waals surface area contributed by atoms with Crippen LogP contribution in [0.25, 0.3) is 0 Å². The minimum Gasteiger partial charge on any atom is -0.294 e. The molecule has 0 aromatic carbocycles. The fourth-order valence-electron chi connectivity index (χ4n) is 0.803. The number of carbonyl (C=O) groups excluding carboxylic acids is 2. The van der Waals surface area contributed by atoms with Crippen molar-refractivity contribution in [2.45, 2.75) is 20.8 Å². The number of allylic oxidation sites excluding steroid dienone is 2. The average Bonchev–Trinajstić information content (AvgIpc) is 1.85. The first kappa shape index (κ1) is 7.25. The number of Topliss-reactive ketones (excluding diaryl/α,β-unsaturated/α-hetero) is 2. The molecule has 0 bridgehead atoms. The van der Waals surface area contributed by atoms with Crippen LogP contribution in [-0.4, -0.2) is 20.7 Å². The van der Waals surface area contributed by atoms with Gasteiger partial charge in [0.2, 0.25) is 0 Å². The molecule has 0 spiro atoms. The molecular weight excluding hydrogens is 127 g/mol. The Morgan fingerprint density at radius 2 is 1.60 bits per heavy atom. The summed E-state index contributed by atoms with van der Waals surface area (Å²) in [6.07, 6.45) is 0. The normalized spacial score (nSPS) is 9.70. The van der Waals surface area contributed by atoms with Crippen LogP contribution in [-0.2, 0) is 9.59 Å². The van der Waals surface area contributed by atoms with E-state index >= 15 is 0 Å². The monoisotopic (exact) mass is 138 g/mol. The van der Waals surface area contributed by atoms with Crippen LogP contribution in [0.1, 0.15) is 20.8 Å². The Balaban J connectivity index is 4.88. The van der Waals surface area contributed by atoms with Gasteiger partial charge in [-0.25, -0.2) is 0 Å². The summed E-state index contributed by atoms with van der Waals surface area (Å²) < 4.78 is 6.84. The van der Waals surface area contributed by atoms with Gasteiger partial charge in [0, 0.05) is 5.57 Å². The van der Waals surface area contributed by atoms with Gasteiger partial charge >= 0.3 is 0 Å². The van der Waals surface area contributed by atoms with Crippen LogP contribution in [0.3, 0.4) is 0 Å². The Morgan fingerprint density at radius 1 is 1.20 bits per heavy atom. The first-order valence-corrected chi connectivity index (χ1v) is 2.95. The summed E-state index contributed by atoms with van der Waals surface area (Å²) in [5, 5.41) is 0. The quantitative estimate of drug-likeness (QED) is 0.244. The molecule has 53 valence electrons. The third-order valence-corrected chi connectivity index (χ3v) is 1.10. The molecule has 0 aliphatic heterocycles. The maximum atomic E-state index is 10.8. The molecule has 0 saturated heterocycles. The largest absolute Gasteiger partial charge is 0.294 e. The van der Waals surface area contributed by atoms with Crippen LogP contribution in [0.2, 0.25) is 0 Å². The first-order valence-electron chi connectivity index (χ1n) is 3.52. The van der Waals surface area contributed by atoms with E-state index in [2.05, 4.69) is 0 Å². The highest BCUT2D eigenvalue weighted by Gasteiger charge is 2.09. The molecule has 0 amide bonds. The van der Waals surface area contributed by atoms with Crippen molar-refractivity contribution in [3.05, 3.63) is 11.0 Å². The fraction of sp³-hybridized carbons (Fsp3) is 0.429. The van der Waals surface area contributed by atoms with Crippen LogP contribution in [0, 0.1) is 0 Å². The number of carbonyl (C=O) groups is 2. The molecule has 0 atom stereocenters. The maximum absolute atomic E-state index is 10.8. The zero-order chi connectivity index (χ0) is 9.02. The highest BCUT2D eigenvalue weighted by Crippen LogP contribution is 2.02. The van der Waals surface area contributed by atoms with Gasteiger partial charge < -0.3 is 0 Å². The molecule has 2 nitrogen and oxygen atoms in total. The minimum atomic E-state index is -0.279. The summed E-state index contributed by atoms with van der Waals surface area (Å²) in [5.74, 6) is -0.558. The highest BCUT2D eigenvalue weighted by molar-refractivity contribution is 6.31. The SMILES string of the molecule is [2H][B]C(C)=C(C(C)=O)C(C)=O. The minimum absolute atomic E-state index is 0.125. The van der Waals surface area contributed by atoms with Gasteiger partial charge in [0.05, 0.1) is 0 Å². The molecule has 0 unspecified atom stereocenters. The lowest BCUT2D eigenvalue weighted by molar-refractivity contribution is -0.119. The second-order valence-electron chi connectivity index (χ2n) is 2.17. The van der Waals surface area contributed by atoms with Crippen LogP contribution in [0.15, 0.2) is 11.0 Å².